The Bertz CT molecular complexity index is 656. The van der Waals surface area contributed by atoms with Crippen LogP contribution in [0.2, 0.25) is 0 Å². The van der Waals surface area contributed by atoms with Crippen LogP contribution in [0.15, 0.2) is 46.9 Å². The van der Waals surface area contributed by atoms with Gasteiger partial charge in [-0.1, -0.05) is 0 Å². The predicted molar refractivity (Wildman–Crippen MR) is 79.4 cm³/mol. The number of allylic oxidation sites excluding steroid dienone is 2. The van der Waals surface area contributed by atoms with Crippen molar-refractivity contribution >= 4 is 16.7 Å². The minimum atomic E-state index is 0.885. The number of nitrogens with zero attached hydrogens (tertiary/aromatic N) is 3. The van der Waals surface area contributed by atoms with Crippen molar-refractivity contribution in [3.8, 4) is 0 Å². The maximum absolute atomic E-state index is 4.43. The Kier molecular flexibility index (Phi) is 3.90. The van der Waals surface area contributed by atoms with Crippen LogP contribution >= 0.6 is 0 Å². The van der Waals surface area contributed by atoms with E-state index in [2.05, 4.69) is 27.2 Å². The van der Waals surface area contributed by atoms with Gasteiger partial charge in [0.05, 0.1) is 16.7 Å². The fourth-order valence-electron chi connectivity index (χ4n) is 1.96. The Morgan fingerprint density at radius 2 is 2.00 bits per heavy atom. The molecule has 0 spiro atoms. The van der Waals surface area contributed by atoms with Crippen LogP contribution in [0.5, 0.6) is 0 Å². The average molecular weight is 254 g/mol. The molecule has 1 N–H and O–H groups in total. The second-order valence-corrected chi connectivity index (χ2v) is 4.34. The third-order valence-corrected chi connectivity index (χ3v) is 3.24. The Morgan fingerprint density at radius 3 is 2.68 bits per heavy atom. The molecule has 2 aromatic rings. The van der Waals surface area contributed by atoms with Gasteiger partial charge in [0.2, 0.25) is 0 Å². The zero-order valence-electron chi connectivity index (χ0n) is 11.7. The van der Waals surface area contributed by atoms with Crippen LogP contribution in [0.1, 0.15) is 19.4 Å². The maximum Gasteiger partial charge on any atom is 0.0893 e. The first kappa shape index (κ1) is 13.2. The summed E-state index contributed by atoms with van der Waals surface area (Å²) >= 11 is 0. The fraction of sp³-hybridized carbons (Fsp3) is 0.267. The molecule has 2 heterocycles. The SMILES string of the molecule is C/N=C(\C(C)=C(/C)NC)c1cnc2cccnc2c1. The summed E-state index contributed by atoms with van der Waals surface area (Å²) in [5, 5.41) is 3.15. The van der Waals surface area contributed by atoms with Gasteiger partial charge < -0.3 is 5.32 Å². The highest BCUT2D eigenvalue weighted by Gasteiger charge is 2.09. The Morgan fingerprint density at radius 1 is 1.21 bits per heavy atom. The molecule has 0 fully saturated rings. The molecular formula is C15H18N4. The van der Waals surface area contributed by atoms with Gasteiger partial charge in [-0.3, -0.25) is 15.0 Å². The summed E-state index contributed by atoms with van der Waals surface area (Å²) in [6.45, 7) is 4.09. The highest BCUT2D eigenvalue weighted by atomic mass is 14.8. The standard InChI is InChI=1S/C15H18N4/c1-10(11(2)16-3)15(17-4)12-8-14-13(19-9-12)6-5-7-18-14/h5-9,16H,1-4H3/b11-10+,17-15+. The second kappa shape index (κ2) is 5.61. The summed E-state index contributed by atoms with van der Waals surface area (Å²) in [4.78, 5) is 13.2. The van der Waals surface area contributed by atoms with Crippen molar-refractivity contribution in [1.82, 2.24) is 15.3 Å². The minimum Gasteiger partial charge on any atom is -0.391 e. The first-order valence-electron chi connectivity index (χ1n) is 6.21. The van der Waals surface area contributed by atoms with Crippen LogP contribution in [-0.2, 0) is 0 Å². The number of rotatable bonds is 3. The molecule has 0 unspecified atom stereocenters. The number of pyridine rings is 2. The average Bonchev–Trinajstić information content (AvgIpc) is 2.46. The lowest BCUT2D eigenvalue weighted by molar-refractivity contribution is 0.973. The molecule has 0 bridgehead atoms. The molecule has 0 aromatic carbocycles. The van der Waals surface area contributed by atoms with Crippen LogP contribution < -0.4 is 5.32 Å². The first-order valence-corrected chi connectivity index (χ1v) is 6.21. The molecule has 4 nitrogen and oxygen atoms in total. The summed E-state index contributed by atoms with van der Waals surface area (Å²) in [7, 11) is 3.71. The smallest absolute Gasteiger partial charge is 0.0893 e. The molecular weight excluding hydrogens is 236 g/mol. The molecule has 0 saturated carbocycles. The van der Waals surface area contributed by atoms with Crippen molar-refractivity contribution in [2.45, 2.75) is 13.8 Å². The van der Waals surface area contributed by atoms with Crippen molar-refractivity contribution in [1.29, 1.82) is 0 Å². The zero-order chi connectivity index (χ0) is 13.8. The Balaban J connectivity index is 2.54. The molecule has 0 atom stereocenters. The third-order valence-electron chi connectivity index (χ3n) is 3.24. The van der Waals surface area contributed by atoms with Crippen molar-refractivity contribution in [3.63, 3.8) is 0 Å². The van der Waals surface area contributed by atoms with E-state index in [9.17, 15) is 0 Å². The van der Waals surface area contributed by atoms with Gasteiger partial charge in [0.15, 0.2) is 0 Å². The van der Waals surface area contributed by atoms with Crippen LogP contribution in [0.25, 0.3) is 11.0 Å². The highest BCUT2D eigenvalue weighted by Crippen LogP contribution is 2.15. The monoisotopic (exact) mass is 254 g/mol. The summed E-state index contributed by atoms with van der Waals surface area (Å²) in [6, 6.07) is 5.87. The van der Waals surface area contributed by atoms with Crippen LogP contribution in [0, 0.1) is 0 Å². The van der Waals surface area contributed by atoms with E-state index in [1.807, 2.05) is 38.4 Å². The van der Waals surface area contributed by atoms with E-state index in [-0.39, 0.29) is 0 Å². The number of hydrogen-bond acceptors (Lipinski definition) is 4. The van der Waals surface area contributed by atoms with Gasteiger partial charge >= 0.3 is 0 Å². The van der Waals surface area contributed by atoms with Crippen LogP contribution in [-0.4, -0.2) is 29.8 Å². The van der Waals surface area contributed by atoms with E-state index in [4.69, 9.17) is 0 Å². The second-order valence-electron chi connectivity index (χ2n) is 4.34. The Hall–Kier alpha value is -2.23. The quantitative estimate of drug-likeness (QED) is 0.856. The molecule has 0 saturated heterocycles. The lowest BCUT2D eigenvalue weighted by Gasteiger charge is -2.11. The van der Waals surface area contributed by atoms with E-state index in [1.54, 1.807) is 13.2 Å². The van der Waals surface area contributed by atoms with E-state index in [1.165, 1.54) is 0 Å². The number of nitrogens with one attached hydrogen (secondary N) is 1. The third kappa shape index (κ3) is 2.62. The molecule has 0 amide bonds. The van der Waals surface area contributed by atoms with E-state index in [0.29, 0.717) is 0 Å². The number of hydrogen-bond donors (Lipinski definition) is 1. The molecule has 98 valence electrons. The van der Waals surface area contributed by atoms with Crippen molar-refractivity contribution in [3.05, 3.63) is 47.4 Å². The summed E-state index contributed by atoms with van der Waals surface area (Å²) in [5.41, 5.74) is 5.92. The summed E-state index contributed by atoms with van der Waals surface area (Å²) in [6.07, 6.45) is 3.62. The highest BCUT2D eigenvalue weighted by molar-refractivity contribution is 6.13. The molecule has 2 rings (SSSR count). The number of aromatic nitrogens is 2. The molecule has 0 aliphatic rings. The Labute approximate surface area is 113 Å². The van der Waals surface area contributed by atoms with E-state index < -0.39 is 0 Å². The van der Waals surface area contributed by atoms with Gasteiger partial charge in [0.1, 0.15) is 0 Å². The van der Waals surface area contributed by atoms with Gasteiger partial charge in [0, 0.05) is 37.7 Å². The predicted octanol–water partition coefficient (Wildman–Crippen LogP) is 2.56. The lowest BCUT2D eigenvalue weighted by Crippen LogP contribution is -2.12. The van der Waals surface area contributed by atoms with Gasteiger partial charge in [-0.15, -0.1) is 0 Å². The molecule has 4 heteroatoms. The maximum atomic E-state index is 4.43. The van der Waals surface area contributed by atoms with Crippen LogP contribution in [0.3, 0.4) is 0 Å². The molecule has 0 aliphatic heterocycles. The molecule has 0 aliphatic carbocycles. The number of aliphatic imine (C=N–C) groups is 1. The fourth-order valence-corrected chi connectivity index (χ4v) is 1.96. The molecule has 2 aromatic heterocycles. The largest absolute Gasteiger partial charge is 0.391 e. The van der Waals surface area contributed by atoms with E-state index in [0.717, 1.165) is 33.6 Å². The van der Waals surface area contributed by atoms with Gasteiger partial charge in [-0.2, -0.15) is 0 Å². The van der Waals surface area contributed by atoms with Gasteiger partial charge in [-0.05, 0) is 37.6 Å². The van der Waals surface area contributed by atoms with Crippen molar-refractivity contribution < 1.29 is 0 Å². The number of fused-ring (bicyclic) bond motifs is 1. The topological polar surface area (TPSA) is 50.2 Å². The molecule has 19 heavy (non-hydrogen) atoms. The van der Waals surface area contributed by atoms with Gasteiger partial charge in [0.25, 0.3) is 0 Å². The summed E-state index contributed by atoms with van der Waals surface area (Å²) in [5.74, 6) is 0. The lowest BCUT2D eigenvalue weighted by atomic mass is 10.0. The van der Waals surface area contributed by atoms with Crippen molar-refractivity contribution in [2.75, 3.05) is 14.1 Å². The van der Waals surface area contributed by atoms with Crippen molar-refractivity contribution in [2.24, 2.45) is 4.99 Å². The molecule has 0 radical (unpaired) electrons. The van der Waals surface area contributed by atoms with Gasteiger partial charge in [-0.25, -0.2) is 0 Å². The first-order chi connectivity index (χ1) is 9.17. The normalized spacial score (nSPS) is 13.4. The minimum absolute atomic E-state index is 0.885. The van der Waals surface area contributed by atoms with E-state index >= 15 is 0 Å². The van der Waals surface area contributed by atoms with Crippen LogP contribution in [0.4, 0.5) is 0 Å². The summed E-state index contributed by atoms with van der Waals surface area (Å²) < 4.78 is 0. The zero-order valence-corrected chi connectivity index (χ0v) is 11.7.